The van der Waals surface area contributed by atoms with Crippen LogP contribution in [-0.4, -0.2) is 26.1 Å². The number of aromatic hydroxyl groups is 1. The van der Waals surface area contributed by atoms with Crippen molar-refractivity contribution in [2.45, 2.75) is 13.5 Å². The van der Waals surface area contributed by atoms with Gasteiger partial charge in [0, 0.05) is 29.1 Å². The zero-order chi connectivity index (χ0) is 20.1. The standard InChI is InChI=1S/C20H19N2O5P/c1-14-20(23)18(16(11-21-14)13-27-28(24,25)26)12-22-19-10-6-5-9-17(19)15-7-3-2-4-8-15/h2-12,23H,13H2,1H3,(H2,24,25,26). The number of para-hydroxylation sites is 1. The lowest BCUT2D eigenvalue weighted by molar-refractivity contribution is 0.188. The molecule has 2 aromatic carbocycles. The van der Waals surface area contributed by atoms with E-state index in [1.807, 2.05) is 54.6 Å². The monoisotopic (exact) mass is 398 g/mol. The van der Waals surface area contributed by atoms with Crippen LogP contribution in [-0.2, 0) is 15.7 Å². The van der Waals surface area contributed by atoms with E-state index in [4.69, 9.17) is 9.79 Å². The molecule has 3 aromatic rings. The molecule has 3 N–H and O–H groups in total. The fourth-order valence-electron chi connectivity index (χ4n) is 2.65. The zero-order valence-electron chi connectivity index (χ0n) is 15.1. The number of pyridine rings is 1. The molecule has 0 atom stereocenters. The molecule has 3 rings (SSSR count). The van der Waals surface area contributed by atoms with E-state index in [1.165, 1.54) is 12.4 Å². The largest absolute Gasteiger partial charge is 0.505 e. The molecule has 1 aromatic heterocycles. The van der Waals surface area contributed by atoms with Crippen molar-refractivity contribution in [1.82, 2.24) is 4.98 Å². The molecule has 7 nitrogen and oxygen atoms in total. The SMILES string of the molecule is Cc1ncc(COP(=O)(O)O)c(C=Nc2ccccc2-c2ccccc2)c1O. The number of phosphoric acid groups is 1. The summed E-state index contributed by atoms with van der Waals surface area (Å²) in [4.78, 5) is 26.4. The lowest BCUT2D eigenvalue weighted by Crippen LogP contribution is -2.00. The minimum Gasteiger partial charge on any atom is -0.505 e. The summed E-state index contributed by atoms with van der Waals surface area (Å²) in [6.07, 6.45) is 2.85. The van der Waals surface area contributed by atoms with Gasteiger partial charge in [0.25, 0.3) is 0 Å². The smallest absolute Gasteiger partial charge is 0.469 e. The van der Waals surface area contributed by atoms with Crippen molar-refractivity contribution in [3.63, 3.8) is 0 Å². The molecule has 0 saturated carbocycles. The van der Waals surface area contributed by atoms with Gasteiger partial charge < -0.3 is 14.9 Å². The summed E-state index contributed by atoms with van der Waals surface area (Å²) in [6.45, 7) is 1.21. The first-order valence-electron chi connectivity index (χ1n) is 8.41. The fourth-order valence-corrected chi connectivity index (χ4v) is 2.95. The molecule has 0 amide bonds. The number of phosphoric ester groups is 1. The van der Waals surface area contributed by atoms with Crippen LogP contribution < -0.4 is 0 Å². The van der Waals surface area contributed by atoms with Gasteiger partial charge in [-0.25, -0.2) is 4.57 Å². The normalized spacial score (nSPS) is 11.8. The summed E-state index contributed by atoms with van der Waals surface area (Å²) < 4.78 is 15.6. The van der Waals surface area contributed by atoms with E-state index in [2.05, 4.69) is 14.5 Å². The van der Waals surface area contributed by atoms with Crippen molar-refractivity contribution in [2.75, 3.05) is 0 Å². The Morgan fingerprint density at radius 2 is 1.79 bits per heavy atom. The van der Waals surface area contributed by atoms with Gasteiger partial charge in [-0.15, -0.1) is 0 Å². The fraction of sp³-hybridized carbons (Fsp3) is 0.100. The first kappa shape index (κ1) is 19.9. The van der Waals surface area contributed by atoms with Crippen molar-refractivity contribution in [3.8, 4) is 16.9 Å². The zero-order valence-corrected chi connectivity index (χ0v) is 16.0. The number of hydrogen-bond acceptors (Lipinski definition) is 5. The maximum Gasteiger partial charge on any atom is 0.469 e. The second-order valence-corrected chi connectivity index (χ2v) is 7.28. The van der Waals surface area contributed by atoms with Crippen LogP contribution in [0.1, 0.15) is 16.8 Å². The molecule has 28 heavy (non-hydrogen) atoms. The van der Waals surface area contributed by atoms with Gasteiger partial charge in [0.1, 0.15) is 5.75 Å². The molecule has 0 saturated heterocycles. The second-order valence-electron chi connectivity index (χ2n) is 6.04. The number of aliphatic imine (C=N–C) groups is 1. The van der Waals surface area contributed by atoms with Crippen LogP contribution in [0.5, 0.6) is 5.75 Å². The first-order chi connectivity index (χ1) is 13.3. The molecule has 0 fully saturated rings. The molecule has 1 heterocycles. The summed E-state index contributed by atoms with van der Waals surface area (Å²) >= 11 is 0. The Hall–Kier alpha value is -2.83. The maximum atomic E-state index is 11.0. The van der Waals surface area contributed by atoms with E-state index >= 15 is 0 Å². The van der Waals surface area contributed by atoms with Crippen LogP contribution in [0.15, 0.2) is 65.8 Å². The van der Waals surface area contributed by atoms with Gasteiger partial charge in [0.15, 0.2) is 0 Å². The summed E-state index contributed by atoms with van der Waals surface area (Å²) in [5.41, 5.74) is 3.58. The predicted molar refractivity (Wildman–Crippen MR) is 107 cm³/mol. The van der Waals surface area contributed by atoms with Gasteiger partial charge in [-0.3, -0.25) is 14.5 Å². The van der Waals surface area contributed by atoms with Crippen LogP contribution in [0.2, 0.25) is 0 Å². The van der Waals surface area contributed by atoms with E-state index in [9.17, 15) is 9.67 Å². The van der Waals surface area contributed by atoms with E-state index in [1.54, 1.807) is 6.92 Å². The average molecular weight is 398 g/mol. The summed E-state index contributed by atoms with van der Waals surface area (Å²) in [7, 11) is -4.66. The Morgan fingerprint density at radius 1 is 1.11 bits per heavy atom. The molecule has 0 aliphatic heterocycles. The number of benzene rings is 2. The minimum atomic E-state index is -4.66. The molecule has 0 spiro atoms. The van der Waals surface area contributed by atoms with E-state index in [0.717, 1.165) is 11.1 Å². The highest BCUT2D eigenvalue weighted by atomic mass is 31.2. The summed E-state index contributed by atoms with van der Waals surface area (Å²) in [5.74, 6) is -0.118. The van der Waals surface area contributed by atoms with E-state index < -0.39 is 14.4 Å². The van der Waals surface area contributed by atoms with Crippen molar-refractivity contribution < 1.29 is 24.0 Å². The molecular formula is C20H19N2O5P. The Balaban J connectivity index is 1.99. The lowest BCUT2D eigenvalue weighted by atomic mass is 10.0. The van der Waals surface area contributed by atoms with Crippen molar-refractivity contribution >= 4 is 19.7 Å². The van der Waals surface area contributed by atoms with Gasteiger partial charge in [-0.05, 0) is 18.6 Å². The average Bonchev–Trinajstić information content (AvgIpc) is 2.68. The highest BCUT2D eigenvalue weighted by Crippen LogP contribution is 2.38. The number of aromatic nitrogens is 1. The lowest BCUT2D eigenvalue weighted by Gasteiger charge is -2.11. The Kier molecular flexibility index (Phi) is 6.02. The molecular weight excluding hydrogens is 379 g/mol. The molecule has 144 valence electrons. The third kappa shape index (κ3) is 4.91. The van der Waals surface area contributed by atoms with E-state index in [-0.39, 0.29) is 5.75 Å². The third-order valence-electron chi connectivity index (χ3n) is 4.07. The van der Waals surface area contributed by atoms with Crippen molar-refractivity contribution in [2.24, 2.45) is 4.99 Å². The molecule has 0 aliphatic carbocycles. The number of nitrogens with zero attached hydrogens (tertiary/aromatic N) is 2. The highest BCUT2D eigenvalue weighted by Gasteiger charge is 2.17. The van der Waals surface area contributed by atoms with Gasteiger partial charge in [-0.2, -0.15) is 0 Å². The number of rotatable bonds is 6. The molecule has 0 unspecified atom stereocenters. The number of aryl methyl sites for hydroxylation is 1. The van der Waals surface area contributed by atoms with Crippen LogP contribution in [0.4, 0.5) is 5.69 Å². The molecule has 0 aliphatic rings. The Morgan fingerprint density at radius 3 is 2.50 bits per heavy atom. The van der Waals surface area contributed by atoms with Crippen LogP contribution >= 0.6 is 7.82 Å². The van der Waals surface area contributed by atoms with E-state index in [0.29, 0.717) is 22.5 Å². The second kappa shape index (κ2) is 8.46. The number of hydrogen-bond donors (Lipinski definition) is 3. The van der Waals surface area contributed by atoms with Crippen LogP contribution in [0, 0.1) is 6.92 Å². The molecule has 8 heteroatoms. The topological polar surface area (TPSA) is 112 Å². The quantitative estimate of drug-likeness (QED) is 0.425. The van der Waals surface area contributed by atoms with Crippen molar-refractivity contribution in [1.29, 1.82) is 0 Å². The summed E-state index contributed by atoms with van der Waals surface area (Å²) in [5, 5.41) is 10.4. The first-order valence-corrected chi connectivity index (χ1v) is 9.94. The van der Waals surface area contributed by atoms with Crippen molar-refractivity contribution in [3.05, 3.63) is 77.6 Å². The molecule has 0 radical (unpaired) electrons. The van der Waals surface area contributed by atoms with Gasteiger partial charge in [0.2, 0.25) is 0 Å². The minimum absolute atomic E-state index is 0.118. The summed E-state index contributed by atoms with van der Waals surface area (Å²) in [6, 6.07) is 17.3. The third-order valence-corrected chi connectivity index (χ3v) is 4.53. The van der Waals surface area contributed by atoms with Crippen LogP contribution in [0.25, 0.3) is 11.1 Å². The molecule has 0 bridgehead atoms. The Labute approximate surface area is 162 Å². The predicted octanol–water partition coefficient (Wildman–Crippen LogP) is 4.12. The highest BCUT2D eigenvalue weighted by molar-refractivity contribution is 7.46. The Bertz CT molecular complexity index is 1050. The van der Waals surface area contributed by atoms with Gasteiger partial charge in [-0.1, -0.05) is 48.5 Å². The maximum absolute atomic E-state index is 11.0. The van der Waals surface area contributed by atoms with Crippen LogP contribution in [0.3, 0.4) is 0 Å². The van der Waals surface area contributed by atoms with Gasteiger partial charge in [0.05, 0.1) is 18.0 Å². The van der Waals surface area contributed by atoms with Gasteiger partial charge >= 0.3 is 7.82 Å².